The first-order valence-electron chi connectivity index (χ1n) is 10.2. The van der Waals surface area contributed by atoms with Crippen molar-refractivity contribution in [2.45, 2.75) is 25.7 Å². The average Bonchev–Trinajstić information content (AvgIpc) is 2.79. The van der Waals surface area contributed by atoms with Gasteiger partial charge in [0.25, 0.3) is 0 Å². The van der Waals surface area contributed by atoms with Crippen molar-refractivity contribution in [1.82, 2.24) is 0 Å². The number of amides is 1. The third-order valence-corrected chi connectivity index (χ3v) is 5.83. The van der Waals surface area contributed by atoms with E-state index in [-0.39, 0.29) is 11.8 Å². The Bertz CT molecular complexity index is 1090. The smallest absolute Gasteiger partial charge is 0.227 e. The van der Waals surface area contributed by atoms with Crippen molar-refractivity contribution in [3.05, 3.63) is 59.7 Å². The summed E-state index contributed by atoms with van der Waals surface area (Å²) in [6, 6.07) is 16.3. The number of nitrogens with zero attached hydrogens (tertiary/aromatic N) is 1. The van der Waals surface area contributed by atoms with Gasteiger partial charge in [0.1, 0.15) is 5.75 Å². The molecule has 1 aliphatic rings. The van der Waals surface area contributed by atoms with Crippen molar-refractivity contribution >= 4 is 22.4 Å². The molecule has 0 radical (unpaired) electrons. The molecular weight excluding hydrogens is 378 g/mol. The van der Waals surface area contributed by atoms with E-state index >= 15 is 0 Å². The lowest BCUT2D eigenvalue weighted by Crippen LogP contribution is -2.37. The molecule has 3 aromatic carbocycles. The van der Waals surface area contributed by atoms with Crippen molar-refractivity contribution in [2.24, 2.45) is 0 Å². The molecular formula is C25H27NO4. The Morgan fingerprint density at radius 1 is 0.933 bits per heavy atom. The number of hydrogen-bond acceptors (Lipinski definition) is 4. The standard InChI is InChI=1S/C25H27NO4/c1-5-12-26-20-11-10-16-8-6-7-9-17(16)25(20)19(14-24(26)27)18-13-22(29-3)23(30-4)15-21(18)28-2/h6-11,13,15,19H,5,12,14H2,1-4H3. The molecule has 4 rings (SSSR count). The number of carbonyl (C=O) groups is 1. The molecule has 0 spiro atoms. The molecule has 0 fully saturated rings. The maximum atomic E-state index is 13.2. The Labute approximate surface area is 177 Å². The van der Waals surface area contributed by atoms with E-state index in [1.54, 1.807) is 21.3 Å². The summed E-state index contributed by atoms with van der Waals surface area (Å²) in [4.78, 5) is 15.1. The lowest BCUT2D eigenvalue weighted by Gasteiger charge is -2.36. The maximum Gasteiger partial charge on any atom is 0.227 e. The van der Waals surface area contributed by atoms with E-state index in [1.807, 2.05) is 29.2 Å². The van der Waals surface area contributed by atoms with Gasteiger partial charge in [-0.15, -0.1) is 0 Å². The van der Waals surface area contributed by atoms with Crippen LogP contribution in [0.4, 0.5) is 5.69 Å². The minimum atomic E-state index is -0.138. The number of methoxy groups -OCH3 is 3. The Morgan fingerprint density at radius 3 is 2.33 bits per heavy atom. The molecule has 5 nitrogen and oxygen atoms in total. The van der Waals surface area contributed by atoms with E-state index in [1.165, 1.54) is 0 Å². The van der Waals surface area contributed by atoms with Gasteiger partial charge in [-0.25, -0.2) is 0 Å². The van der Waals surface area contributed by atoms with Gasteiger partial charge in [-0.05, 0) is 34.9 Å². The fourth-order valence-electron chi connectivity index (χ4n) is 4.47. The summed E-state index contributed by atoms with van der Waals surface area (Å²) < 4.78 is 16.7. The highest BCUT2D eigenvalue weighted by Crippen LogP contribution is 2.48. The topological polar surface area (TPSA) is 48.0 Å². The van der Waals surface area contributed by atoms with E-state index in [0.29, 0.717) is 30.2 Å². The van der Waals surface area contributed by atoms with E-state index < -0.39 is 0 Å². The number of ether oxygens (including phenoxy) is 3. The number of rotatable bonds is 6. The first kappa shape index (κ1) is 20.1. The molecule has 1 amide bonds. The molecule has 0 saturated heterocycles. The summed E-state index contributed by atoms with van der Waals surface area (Å²) in [6.07, 6.45) is 1.29. The highest BCUT2D eigenvalue weighted by Gasteiger charge is 2.35. The monoisotopic (exact) mass is 405 g/mol. The molecule has 0 aromatic heterocycles. The van der Waals surface area contributed by atoms with E-state index in [2.05, 4.69) is 31.2 Å². The fraction of sp³-hybridized carbons (Fsp3) is 0.320. The van der Waals surface area contributed by atoms with Gasteiger partial charge in [0.05, 0.1) is 21.3 Å². The van der Waals surface area contributed by atoms with Crippen LogP contribution in [0.15, 0.2) is 48.5 Å². The van der Waals surface area contributed by atoms with Crippen LogP contribution >= 0.6 is 0 Å². The molecule has 5 heteroatoms. The molecule has 1 unspecified atom stereocenters. The third kappa shape index (κ3) is 3.24. The summed E-state index contributed by atoms with van der Waals surface area (Å²) >= 11 is 0. The van der Waals surface area contributed by atoms with Gasteiger partial charge in [0, 0.05) is 36.2 Å². The van der Waals surface area contributed by atoms with Crippen LogP contribution in [0.25, 0.3) is 10.8 Å². The molecule has 0 saturated carbocycles. The second-order valence-electron chi connectivity index (χ2n) is 7.47. The summed E-state index contributed by atoms with van der Waals surface area (Å²) in [5.41, 5.74) is 3.07. The Hall–Kier alpha value is -3.21. The molecule has 30 heavy (non-hydrogen) atoms. The maximum absolute atomic E-state index is 13.2. The van der Waals surface area contributed by atoms with Crippen LogP contribution in [0.3, 0.4) is 0 Å². The van der Waals surface area contributed by atoms with E-state index in [0.717, 1.165) is 34.0 Å². The van der Waals surface area contributed by atoms with Crippen LogP contribution < -0.4 is 19.1 Å². The first-order valence-corrected chi connectivity index (χ1v) is 10.2. The Morgan fingerprint density at radius 2 is 1.63 bits per heavy atom. The van der Waals surface area contributed by atoms with Crippen LogP contribution in [0.5, 0.6) is 17.2 Å². The van der Waals surface area contributed by atoms with Crippen molar-refractivity contribution in [1.29, 1.82) is 0 Å². The van der Waals surface area contributed by atoms with Crippen LogP contribution in [0.2, 0.25) is 0 Å². The zero-order valence-corrected chi connectivity index (χ0v) is 17.9. The summed E-state index contributed by atoms with van der Waals surface area (Å²) in [5, 5.41) is 2.32. The number of carbonyl (C=O) groups excluding carboxylic acids is 1. The quantitative estimate of drug-likeness (QED) is 0.569. The fourth-order valence-corrected chi connectivity index (χ4v) is 4.47. The minimum absolute atomic E-state index is 0.126. The normalized spacial score (nSPS) is 15.8. The molecule has 0 bridgehead atoms. The Kier molecular flexibility index (Phi) is 5.53. The largest absolute Gasteiger partial charge is 0.496 e. The van der Waals surface area contributed by atoms with Gasteiger partial charge < -0.3 is 19.1 Å². The van der Waals surface area contributed by atoms with Crippen molar-refractivity contribution in [2.75, 3.05) is 32.8 Å². The van der Waals surface area contributed by atoms with Crippen molar-refractivity contribution < 1.29 is 19.0 Å². The molecule has 0 N–H and O–H groups in total. The zero-order chi connectivity index (χ0) is 21.3. The highest BCUT2D eigenvalue weighted by molar-refractivity contribution is 6.03. The Balaban J connectivity index is 2.00. The highest BCUT2D eigenvalue weighted by atomic mass is 16.5. The van der Waals surface area contributed by atoms with Crippen LogP contribution in [0, 0.1) is 0 Å². The van der Waals surface area contributed by atoms with Gasteiger partial charge in [-0.2, -0.15) is 0 Å². The van der Waals surface area contributed by atoms with Gasteiger partial charge >= 0.3 is 0 Å². The van der Waals surface area contributed by atoms with Crippen LogP contribution in [0.1, 0.15) is 36.8 Å². The molecule has 3 aromatic rings. The average molecular weight is 405 g/mol. The lowest BCUT2D eigenvalue weighted by molar-refractivity contribution is -0.119. The molecule has 1 heterocycles. The molecule has 156 valence electrons. The molecule has 1 atom stereocenters. The van der Waals surface area contributed by atoms with Gasteiger partial charge in [0.2, 0.25) is 5.91 Å². The zero-order valence-electron chi connectivity index (χ0n) is 17.9. The summed E-state index contributed by atoms with van der Waals surface area (Å²) in [7, 11) is 4.86. The summed E-state index contributed by atoms with van der Waals surface area (Å²) in [6.45, 7) is 2.80. The first-order chi connectivity index (χ1) is 14.6. The second-order valence-corrected chi connectivity index (χ2v) is 7.47. The second kappa shape index (κ2) is 8.27. The molecule has 0 aliphatic carbocycles. The SMILES string of the molecule is CCCN1C(=O)CC(c2cc(OC)c(OC)cc2OC)c2c1ccc1ccccc21. The third-order valence-electron chi connectivity index (χ3n) is 5.83. The summed E-state index contributed by atoms with van der Waals surface area (Å²) in [5.74, 6) is 1.90. The number of fused-ring (bicyclic) bond motifs is 3. The van der Waals surface area contributed by atoms with Gasteiger partial charge in [-0.1, -0.05) is 37.3 Å². The predicted octanol–water partition coefficient (Wildman–Crippen LogP) is 5.14. The minimum Gasteiger partial charge on any atom is -0.496 e. The number of hydrogen-bond donors (Lipinski definition) is 0. The van der Waals surface area contributed by atoms with Gasteiger partial charge in [-0.3, -0.25) is 4.79 Å². The predicted molar refractivity (Wildman–Crippen MR) is 119 cm³/mol. The number of benzene rings is 3. The van der Waals surface area contributed by atoms with Crippen LogP contribution in [-0.4, -0.2) is 33.8 Å². The van der Waals surface area contributed by atoms with Crippen molar-refractivity contribution in [3.8, 4) is 17.2 Å². The lowest BCUT2D eigenvalue weighted by atomic mass is 9.80. The van der Waals surface area contributed by atoms with E-state index in [4.69, 9.17) is 14.2 Å². The van der Waals surface area contributed by atoms with E-state index in [9.17, 15) is 4.79 Å². The molecule has 1 aliphatic heterocycles. The van der Waals surface area contributed by atoms with Gasteiger partial charge in [0.15, 0.2) is 11.5 Å². The number of anilines is 1. The van der Waals surface area contributed by atoms with Crippen LogP contribution in [-0.2, 0) is 4.79 Å². The van der Waals surface area contributed by atoms with Crippen molar-refractivity contribution in [3.63, 3.8) is 0 Å².